The lowest BCUT2D eigenvalue weighted by molar-refractivity contribution is 0.171. The van der Waals surface area contributed by atoms with E-state index in [0.717, 1.165) is 19.6 Å². The van der Waals surface area contributed by atoms with Crippen molar-refractivity contribution < 1.29 is 0 Å². The van der Waals surface area contributed by atoms with Gasteiger partial charge in [0.05, 0.1) is 0 Å². The second kappa shape index (κ2) is 5.62. The van der Waals surface area contributed by atoms with E-state index in [9.17, 15) is 0 Å². The zero-order valence-electron chi connectivity index (χ0n) is 9.40. The normalized spacial score (nSPS) is 22.2. The van der Waals surface area contributed by atoms with Crippen molar-refractivity contribution in [3.63, 3.8) is 0 Å². The average Bonchev–Trinajstić information content (AvgIpc) is 2.32. The maximum Gasteiger partial charge on any atom is 0.129 e. The van der Waals surface area contributed by atoms with E-state index in [-0.39, 0.29) is 0 Å². The fourth-order valence-corrected chi connectivity index (χ4v) is 2.36. The molecule has 1 aromatic heterocycles. The summed E-state index contributed by atoms with van der Waals surface area (Å²) in [5, 5.41) is 0.558. The van der Waals surface area contributed by atoms with Crippen molar-refractivity contribution in [2.75, 3.05) is 19.6 Å². The summed E-state index contributed by atoms with van der Waals surface area (Å²) in [6.45, 7) is 4.04. The fraction of sp³-hybridized carbons (Fsp3) is 0.583. The van der Waals surface area contributed by atoms with Crippen LogP contribution in [0.2, 0.25) is 5.15 Å². The van der Waals surface area contributed by atoms with E-state index in [1.807, 2.05) is 18.3 Å². The Morgan fingerprint density at radius 1 is 1.50 bits per heavy atom. The minimum Gasteiger partial charge on any atom is -0.330 e. The number of rotatable bonds is 3. The van der Waals surface area contributed by atoms with Crippen LogP contribution in [0.15, 0.2) is 18.3 Å². The van der Waals surface area contributed by atoms with Gasteiger partial charge in [-0.2, -0.15) is 0 Å². The highest BCUT2D eigenvalue weighted by Gasteiger charge is 2.18. The summed E-state index contributed by atoms with van der Waals surface area (Å²) < 4.78 is 0. The lowest BCUT2D eigenvalue weighted by Gasteiger charge is -2.31. The van der Waals surface area contributed by atoms with Crippen LogP contribution in [0, 0.1) is 5.92 Å². The number of likely N-dealkylation sites (tertiary alicyclic amines) is 1. The molecule has 0 radical (unpaired) electrons. The molecule has 0 amide bonds. The van der Waals surface area contributed by atoms with Gasteiger partial charge in [0.2, 0.25) is 0 Å². The van der Waals surface area contributed by atoms with Gasteiger partial charge in [-0.15, -0.1) is 0 Å². The molecule has 0 aliphatic carbocycles. The highest BCUT2D eigenvalue weighted by atomic mass is 35.5. The second-order valence-corrected chi connectivity index (χ2v) is 4.86. The Hall–Kier alpha value is -0.640. The van der Waals surface area contributed by atoms with Crippen LogP contribution in [0.25, 0.3) is 0 Å². The van der Waals surface area contributed by atoms with E-state index in [2.05, 4.69) is 9.88 Å². The van der Waals surface area contributed by atoms with E-state index in [1.54, 1.807) is 0 Å². The smallest absolute Gasteiger partial charge is 0.129 e. The monoisotopic (exact) mass is 239 g/mol. The van der Waals surface area contributed by atoms with Crippen molar-refractivity contribution in [2.45, 2.75) is 19.4 Å². The van der Waals surface area contributed by atoms with E-state index in [4.69, 9.17) is 17.3 Å². The van der Waals surface area contributed by atoms with Crippen LogP contribution in [0.3, 0.4) is 0 Å². The van der Waals surface area contributed by atoms with Crippen LogP contribution in [0.5, 0.6) is 0 Å². The Bertz CT molecular complexity index is 326. The first kappa shape index (κ1) is 11.8. The predicted octanol–water partition coefficient (Wildman–Crippen LogP) is 1.91. The third-order valence-electron chi connectivity index (χ3n) is 3.13. The third kappa shape index (κ3) is 3.17. The van der Waals surface area contributed by atoms with Crippen LogP contribution in [0.4, 0.5) is 0 Å². The summed E-state index contributed by atoms with van der Waals surface area (Å²) in [5.41, 5.74) is 6.95. The van der Waals surface area contributed by atoms with Gasteiger partial charge in [-0.1, -0.05) is 17.7 Å². The molecule has 1 fully saturated rings. The van der Waals surface area contributed by atoms with Crippen LogP contribution >= 0.6 is 11.6 Å². The van der Waals surface area contributed by atoms with Crippen molar-refractivity contribution in [1.29, 1.82) is 0 Å². The molecule has 2 N–H and O–H groups in total. The van der Waals surface area contributed by atoms with Gasteiger partial charge in [0.15, 0.2) is 0 Å². The molecule has 2 rings (SSSR count). The minimum atomic E-state index is 0.558. The Balaban J connectivity index is 1.91. The van der Waals surface area contributed by atoms with E-state index in [0.29, 0.717) is 11.1 Å². The topological polar surface area (TPSA) is 42.1 Å². The summed E-state index contributed by atoms with van der Waals surface area (Å²) in [5.74, 6) is 0.661. The Kier molecular flexibility index (Phi) is 4.16. The van der Waals surface area contributed by atoms with Crippen molar-refractivity contribution in [3.05, 3.63) is 29.0 Å². The third-order valence-corrected chi connectivity index (χ3v) is 3.35. The van der Waals surface area contributed by atoms with Crippen molar-refractivity contribution in [3.8, 4) is 0 Å². The first-order valence-electron chi connectivity index (χ1n) is 5.81. The Morgan fingerprint density at radius 2 is 2.38 bits per heavy atom. The number of aromatic nitrogens is 1. The molecule has 4 heteroatoms. The van der Waals surface area contributed by atoms with Crippen molar-refractivity contribution >= 4 is 11.6 Å². The van der Waals surface area contributed by atoms with Gasteiger partial charge < -0.3 is 5.73 Å². The molecule has 0 spiro atoms. The van der Waals surface area contributed by atoms with E-state index >= 15 is 0 Å². The van der Waals surface area contributed by atoms with Gasteiger partial charge >= 0.3 is 0 Å². The average molecular weight is 240 g/mol. The lowest BCUT2D eigenvalue weighted by atomic mass is 9.98. The number of pyridine rings is 1. The van der Waals surface area contributed by atoms with Gasteiger partial charge in [-0.3, -0.25) is 4.90 Å². The molecule has 1 aliphatic heterocycles. The molecule has 16 heavy (non-hydrogen) atoms. The molecule has 0 unspecified atom stereocenters. The molecular weight excluding hydrogens is 222 g/mol. The van der Waals surface area contributed by atoms with Crippen LogP contribution in [-0.4, -0.2) is 29.5 Å². The minimum absolute atomic E-state index is 0.558. The van der Waals surface area contributed by atoms with Crippen LogP contribution < -0.4 is 5.73 Å². The molecular formula is C12H18ClN3. The summed E-state index contributed by atoms with van der Waals surface area (Å²) in [6, 6.07) is 3.89. The van der Waals surface area contributed by atoms with Gasteiger partial charge in [0, 0.05) is 19.3 Å². The Labute approximate surface area is 102 Å². The molecule has 0 saturated carbocycles. The molecule has 1 atom stereocenters. The predicted molar refractivity (Wildman–Crippen MR) is 66.3 cm³/mol. The molecule has 3 nitrogen and oxygen atoms in total. The van der Waals surface area contributed by atoms with Gasteiger partial charge in [0.1, 0.15) is 5.15 Å². The molecule has 1 saturated heterocycles. The number of piperidine rings is 1. The summed E-state index contributed by atoms with van der Waals surface area (Å²) in [4.78, 5) is 6.55. The summed E-state index contributed by atoms with van der Waals surface area (Å²) >= 11 is 5.76. The maximum atomic E-state index is 5.76. The zero-order chi connectivity index (χ0) is 11.4. The SMILES string of the molecule is NC[C@H]1CCCN(Cc2ccc(Cl)nc2)C1. The first-order chi connectivity index (χ1) is 7.78. The molecule has 88 valence electrons. The lowest BCUT2D eigenvalue weighted by Crippen LogP contribution is -2.37. The molecule has 0 aromatic carbocycles. The highest BCUT2D eigenvalue weighted by molar-refractivity contribution is 6.29. The number of nitrogens with zero attached hydrogens (tertiary/aromatic N) is 2. The summed E-state index contributed by atoms with van der Waals surface area (Å²) in [6.07, 6.45) is 4.38. The van der Waals surface area contributed by atoms with Crippen molar-refractivity contribution in [1.82, 2.24) is 9.88 Å². The molecule has 2 heterocycles. The van der Waals surface area contributed by atoms with Gasteiger partial charge in [-0.25, -0.2) is 4.98 Å². The number of halogens is 1. The molecule has 0 bridgehead atoms. The van der Waals surface area contributed by atoms with Gasteiger partial charge in [-0.05, 0) is 43.5 Å². The van der Waals surface area contributed by atoms with Crippen molar-refractivity contribution in [2.24, 2.45) is 11.7 Å². The quantitative estimate of drug-likeness (QED) is 0.820. The standard InChI is InChI=1S/C12H18ClN3/c13-12-4-3-11(7-15-12)9-16-5-1-2-10(6-14)8-16/h3-4,7,10H,1-2,5-6,8-9,14H2/t10-/m1/s1. The fourth-order valence-electron chi connectivity index (χ4n) is 2.25. The van der Waals surface area contributed by atoms with Gasteiger partial charge in [0.25, 0.3) is 0 Å². The highest BCUT2D eigenvalue weighted by Crippen LogP contribution is 2.17. The van der Waals surface area contributed by atoms with E-state index in [1.165, 1.54) is 24.9 Å². The number of hydrogen-bond donors (Lipinski definition) is 1. The summed E-state index contributed by atoms with van der Waals surface area (Å²) in [7, 11) is 0. The zero-order valence-corrected chi connectivity index (χ0v) is 10.2. The molecule has 1 aliphatic rings. The largest absolute Gasteiger partial charge is 0.330 e. The molecule has 1 aromatic rings. The van der Waals surface area contributed by atoms with Crippen LogP contribution in [0.1, 0.15) is 18.4 Å². The van der Waals surface area contributed by atoms with Crippen LogP contribution in [-0.2, 0) is 6.54 Å². The number of hydrogen-bond acceptors (Lipinski definition) is 3. The van der Waals surface area contributed by atoms with E-state index < -0.39 is 0 Å². The Morgan fingerprint density at radius 3 is 3.06 bits per heavy atom. The maximum absolute atomic E-state index is 5.76. The number of nitrogens with two attached hydrogens (primary N) is 1. The first-order valence-corrected chi connectivity index (χ1v) is 6.18. The second-order valence-electron chi connectivity index (χ2n) is 4.47.